The second-order valence-electron chi connectivity index (χ2n) is 3.96. The van der Waals surface area contributed by atoms with Gasteiger partial charge in [-0.15, -0.1) is 24.0 Å². The molecule has 0 aliphatic rings. The summed E-state index contributed by atoms with van der Waals surface area (Å²) in [5.41, 5.74) is 6.64. The minimum atomic E-state index is 0. The summed E-state index contributed by atoms with van der Waals surface area (Å²) in [6.07, 6.45) is 2.15. The number of aliphatic imine (C=N–C) groups is 1. The van der Waals surface area contributed by atoms with Crippen LogP contribution in [0.3, 0.4) is 0 Å². The van der Waals surface area contributed by atoms with E-state index in [2.05, 4.69) is 29.3 Å². The molecule has 0 unspecified atom stereocenters. The van der Waals surface area contributed by atoms with E-state index in [9.17, 15) is 0 Å². The number of nitrogens with one attached hydrogen (secondary N) is 1. The summed E-state index contributed by atoms with van der Waals surface area (Å²) >= 11 is 0. The highest BCUT2D eigenvalue weighted by Gasteiger charge is 2.12. The molecule has 0 atom stereocenters. The van der Waals surface area contributed by atoms with Crippen molar-refractivity contribution < 1.29 is 4.52 Å². The summed E-state index contributed by atoms with van der Waals surface area (Å²) in [4.78, 5) is 4.16. The lowest BCUT2D eigenvalue weighted by Gasteiger charge is -2.05. The zero-order chi connectivity index (χ0) is 12.7. The largest absolute Gasteiger partial charge is 0.370 e. The van der Waals surface area contributed by atoms with Crippen LogP contribution in [0.2, 0.25) is 0 Å². The van der Waals surface area contributed by atoms with Crippen LogP contribution in [0.1, 0.15) is 51.0 Å². The summed E-state index contributed by atoms with van der Waals surface area (Å²) in [5, 5.41) is 7.01. The maximum Gasteiger partial charge on any atom is 0.189 e. The van der Waals surface area contributed by atoms with Crippen molar-refractivity contribution in [3.63, 3.8) is 0 Å². The van der Waals surface area contributed by atoms with Gasteiger partial charge in [0.1, 0.15) is 6.54 Å². The average molecular weight is 366 g/mol. The van der Waals surface area contributed by atoms with Gasteiger partial charge in [-0.2, -0.15) is 0 Å². The third kappa shape index (κ3) is 5.24. The SMILES string of the molecule is CCNC(N)=NCc1cc(C(CC)CC)no1.I. The molecule has 0 aliphatic carbocycles. The number of hydrogen-bond acceptors (Lipinski definition) is 3. The van der Waals surface area contributed by atoms with E-state index < -0.39 is 0 Å². The molecule has 0 spiro atoms. The van der Waals surface area contributed by atoms with Gasteiger partial charge in [-0.1, -0.05) is 19.0 Å². The minimum Gasteiger partial charge on any atom is -0.370 e. The maximum absolute atomic E-state index is 5.63. The molecule has 0 fully saturated rings. The molecule has 0 bridgehead atoms. The molecule has 0 amide bonds. The van der Waals surface area contributed by atoms with Gasteiger partial charge in [0.2, 0.25) is 0 Å². The van der Waals surface area contributed by atoms with Crippen molar-refractivity contribution >= 4 is 29.9 Å². The van der Waals surface area contributed by atoms with Gasteiger partial charge in [0, 0.05) is 18.5 Å². The van der Waals surface area contributed by atoms with E-state index in [1.807, 2.05) is 13.0 Å². The number of aromatic nitrogens is 1. The third-order valence-corrected chi connectivity index (χ3v) is 2.74. The fourth-order valence-corrected chi connectivity index (χ4v) is 1.70. The molecule has 1 heterocycles. The fraction of sp³-hybridized carbons (Fsp3) is 0.667. The first kappa shape index (κ1) is 17.2. The summed E-state index contributed by atoms with van der Waals surface area (Å²) in [5.74, 6) is 1.67. The minimum absolute atomic E-state index is 0. The Bertz CT molecular complexity index is 361. The second-order valence-corrected chi connectivity index (χ2v) is 3.96. The molecule has 0 aromatic carbocycles. The molecule has 18 heavy (non-hydrogen) atoms. The quantitative estimate of drug-likeness (QED) is 0.461. The number of nitrogens with zero attached hydrogens (tertiary/aromatic N) is 2. The first-order chi connectivity index (χ1) is 8.21. The van der Waals surface area contributed by atoms with Gasteiger partial charge < -0.3 is 15.6 Å². The van der Waals surface area contributed by atoms with Gasteiger partial charge in [0.25, 0.3) is 0 Å². The Balaban J connectivity index is 0.00000289. The predicted octanol–water partition coefficient (Wildman–Crippen LogP) is 2.62. The van der Waals surface area contributed by atoms with Crippen LogP contribution in [0.15, 0.2) is 15.6 Å². The molecule has 0 aliphatic heterocycles. The first-order valence-corrected chi connectivity index (χ1v) is 6.20. The van der Waals surface area contributed by atoms with Crippen LogP contribution in [-0.2, 0) is 6.54 Å². The van der Waals surface area contributed by atoms with Crippen LogP contribution >= 0.6 is 24.0 Å². The van der Waals surface area contributed by atoms with Crippen molar-refractivity contribution in [2.45, 2.75) is 46.1 Å². The van der Waals surface area contributed by atoms with E-state index in [0.717, 1.165) is 30.8 Å². The summed E-state index contributed by atoms with van der Waals surface area (Å²) in [7, 11) is 0. The van der Waals surface area contributed by atoms with E-state index in [1.54, 1.807) is 0 Å². The summed E-state index contributed by atoms with van der Waals surface area (Å²) in [6, 6.07) is 1.97. The molecule has 0 saturated carbocycles. The lowest BCUT2D eigenvalue weighted by Crippen LogP contribution is -2.31. The van der Waals surface area contributed by atoms with E-state index >= 15 is 0 Å². The molecule has 104 valence electrons. The van der Waals surface area contributed by atoms with Gasteiger partial charge in [-0.05, 0) is 19.8 Å². The molecule has 0 radical (unpaired) electrons. The number of rotatable bonds is 6. The van der Waals surface area contributed by atoms with Crippen LogP contribution in [-0.4, -0.2) is 17.7 Å². The molecule has 1 aromatic heterocycles. The smallest absolute Gasteiger partial charge is 0.189 e. The lowest BCUT2D eigenvalue weighted by atomic mass is 9.99. The highest BCUT2D eigenvalue weighted by Crippen LogP contribution is 2.22. The van der Waals surface area contributed by atoms with Crippen molar-refractivity contribution in [2.75, 3.05) is 6.54 Å². The molecule has 6 heteroatoms. The van der Waals surface area contributed by atoms with E-state index in [1.165, 1.54) is 0 Å². The molecular formula is C12H23IN4O. The third-order valence-electron chi connectivity index (χ3n) is 2.74. The molecule has 5 nitrogen and oxygen atoms in total. The van der Waals surface area contributed by atoms with Gasteiger partial charge >= 0.3 is 0 Å². The number of hydrogen-bond donors (Lipinski definition) is 2. The van der Waals surface area contributed by atoms with E-state index in [0.29, 0.717) is 18.4 Å². The first-order valence-electron chi connectivity index (χ1n) is 6.20. The monoisotopic (exact) mass is 366 g/mol. The van der Waals surface area contributed by atoms with Gasteiger partial charge in [0.15, 0.2) is 11.7 Å². The van der Waals surface area contributed by atoms with Crippen LogP contribution in [0.5, 0.6) is 0 Å². The van der Waals surface area contributed by atoms with Gasteiger partial charge in [-0.3, -0.25) is 0 Å². The molecular weight excluding hydrogens is 343 g/mol. The zero-order valence-corrected chi connectivity index (χ0v) is 13.6. The maximum atomic E-state index is 5.63. The summed E-state index contributed by atoms with van der Waals surface area (Å²) in [6.45, 7) is 7.49. The molecule has 1 aromatic rings. The molecule has 1 rings (SSSR count). The topological polar surface area (TPSA) is 76.4 Å². The number of halogens is 1. The Morgan fingerprint density at radius 3 is 2.67 bits per heavy atom. The lowest BCUT2D eigenvalue weighted by molar-refractivity contribution is 0.372. The second kappa shape index (κ2) is 9.18. The van der Waals surface area contributed by atoms with Crippen molar-refractivity contribution in [3.8, 4) is 0 Å². The Morgan fingerprint density at radius 1 is 1.44 bits per heavy atom. The van der Waals surface area contributed by atoms with Crippen LogP contribution in [0.4, 0.5) is 0 Å². The van der Waals surface area contributed by atoms with Crippen LogP contribution in [0.25, 0.3) is 0 Å². The van der Waals surface area contributed by atoms with Crippen LogP contribution in [0, 0.1) is 0 Å². The van der Waals surface area contributed by atoms with Gasteiger partial charge in [-0.25, -0.2) is 4.99 Å². The Hall–Kier alpha value is -0.790. The number of guanidine groups is 1. The predicted molar refractivity (Wildman–Crippen MR) is 84.2 cm³/mol. The highest BCUT2D eigenvalue weighted by molar-refractivity contribution is 14.0. The van der Waals surface area contributed by atoms with Crippen molar-refractivity contribution in [1.82, 2.24) is 10.5 Å². The zero-order valence-electron chi connectivity index (χ0n) is 11.3. The highest BCUT2D eigenvalue weighted by atomic mass is 127. The Morgan fingerprint density at radius 2 is 2.11 bits per heavy atom. The van der Waals surface area contributed by atoms with Crippen molar-refractivity contribution in [2.24, 2.45) is 10.7 Å². The van der Waals surface area contributed by atoms with E-state index in [-0.39, 0.29) is 24.0 Å². The number of nitrogens with two attached hydrogens (primary N) is 1. The molecule has 3 N–H and O–H groups in total. The fourth-order valence-electron chi connectivity index (χ4n) is 1.70. The Kier molecular flexibility index (Phi) is 8.78. The average Bonchev–Trinajstić information content (AvgIpc) is 2.77. The standard InChI is InChI=1S/C12H22N4O.HI/c1-4-9(5-2)11-7-10(17-16-11)8-15-12(13)14-6-3;/h7,9H,4-6,8H2,1-3H3,(H3,13,14,15);1H. The van der Waals surface area contributed by atoms with Crippen molar-refractivity contribution in [1.29, 1.82) is 0 Å². The molecule has 0 saturated heterocycles. The Labute approximate surface area is 126 Å². The van der Waals surface area contributed by atoms with Gasteiger partial charge in [0.05, 0.1) is 5.69 Å². The van der Waals surface area contributed by atoms with Crippen molar-refractivity contribution in [3.05, 3.63) is 17.5 Å². The normalized spacial score (nSPS) is 11.4. The summed E-state index contributed by atoms with van der Waals surface area (Å²) < 4.78 is 5.24. The van der Waals surface area contributed by atoms with Crippen LogP contribution < -0.4 is 11.1 Å². The van der Waals surface area contributed by atoms with E-state index in [4.69, 9.17) is 10.3 Å².